The number of carboxylic acid groups (broad SMARTS) is 1. The van der Waals surface area contributed by atoms with Gasteiger partial charge in [-0.1, -0.05) is 19.3 Å². The van der Waals surface area contributed by atoms with E-state index in [0.29, 0.717) is 12.8 Å². The Bertz CT molecular complexity index is 570. The number of hydrogen-bond donors (Lipinski definition) is 2. The first-order valence-electron chi connectivity index (χ1n) is 7.00. The Balaban J connectivity index is 2.26. The molecule has 1 aliphatic carbocycles. The molecule has 2 N–H and O–H groups in total. The van der Waals surface area contributed by atoms with Crippen LogP contribution in [0.3, 0.4) is 0 Å². The summed E-state index contributed by atoms with van der Waals surface area (Å²) in [5, 5.41) is 15.1. The number of nitrogens with one attached hydrogen (secondary N) is 1. The molecule has 1 aliphatic rings. The number of carbonyl (C=O) groups excluding carboxylic acids is 1. The summed E-state index contributed by atoms with van der Waals surface area (Å²) >= 11 is 0. The van der Waals surface area contributed by atoms with Gasteiger partial charge in [0.15, 0.2) is 0 Å². The van der Waals surface area contributed by atoms with Gasteiger partial charge in [-0.05, 0) is 18.9 Å². The molecule has 1 aromatic rings. The molecule has 21 heavy (non-hydrogen) atoms. The number of nitrogens with zero attached hydrogens (tertiary/aromatic N) is 2. The van der Waals surface area contributed by atoms with Crippen LogP contribution in [0.4, 0.5) is 0 Å². The van der Waals surface area contributed by atoms with Gasteiger partial charge in [-0.25, -0.2) is 5.10 Å². The number of amides is 1. The van der Waals surface area contributed by atoms with Gasteiger partial charge in [-0.3, -0.25) is 14.4 Å². The monoisotopic (exact) mass is 293 g/mol. The van der Waals surface area contributed by atoms with Crippen molar-refractivity contribution in [2.45, 2.75) is 44.1 Å². The second-order valence-corrected chi connectivity index (χ2v) is 5.53. The standard InChI is InChI=1S/C14H19N3O4/c1-17(13(21)10-5-6-11(18)16-15-10)14(9-12(19)20)7-3-2-4-8-14/h5-6H,2-4,7-9H2,1H3,(H,16,18)(H,19,20). The predicted molar refractivity (Wildman–Crippen MR) is 75.0 cm³/mol. The van der Waals surface area contributed by atoms with Crippen molar-refractivity contribution in [1.29, 1.82) is 0 Å². The lowest BCUT2D eigenvalue weighted by Crippen LogP contribution is -2.52. The topological polar surface area (TPSA) is 103 Å². The van der Waals surface area contributed by atoms with Crippen LogP contribution in [0.1, 0.15) is 49.0 Å². The zero-order valence-electron chi connectivity index (χ0n) is 12.0. The van der Waals surface area contributed by atoms with E-state index >= 15 is 0 Å². The van der Waals surface area contributed by atoms with Crippen LogP contribution >= 0.6 is 0 Å². The molecule has 2 rings (SSSR count). The minimum Gasteiger partial charge on any atom is -0.481 e. The van der Waals surface area contributed by atoms with Crippen molar-refractivity contribution < 1.29 is 14.7 Å². The first-order chi connectivity index (χ1) is 9.94. The number of aromatic nitrogens is 2. The summed E-state index contributed by atoms with van der Waals surface area (Å²) in [5.74, 6) is -1.28. The summed E-state index contributed by atoms with van der Waals surface area (Å²) in [4.78, 5) is 36.2. The van der Waals surface area contributed by atoms with Gasteiger partial charge in [0, 0.05) is 13.1 Å². The van der Waals surface area contributed by atoms with Crippen LogP contribution in [0.25, 0.3) is 0 Å². The largest absolute Gasteiger partial charge is 0.481 e. The van der Waals surface area contributed by atoms with Crippen molar-refractivity contribution in [2.75, 3.05) is 7.05 Å². The van der Waals surface area contributed by atoms with Gasteiger partial charge >= 0.3 is 5.97 Å². The van der Waals surface area contributed by atoms with E-state index in [0.717, 1.165) is 19.3 Å². The van der Waals surface area contributed by atoms with Crippen molar-refractivity contribution in [3.8, 4) is 0 Å². The molecule has 0 unspecified atom stereocenters. The normalized spacial score (nSPS) is 17.2. The maximum Gasteiger partial charge on any atom is 0.305 e. The molecule has 1 amide bonds. The highest BCUT2D eigenvalue weighted by molar-refractivity contribution is 5.92. The van der Waals surface area contributed by atoms with Gasteiger partial charge in [0.1, 0.15) is 5.69 Å². The molecule has 0 aliphatic heterocycles. The third-order valence-electron chi connectivity index (χ3n) is 4.18. The highest BCUT2D eigenvalue weighted by Crippen LogP contribution is 2.36. The number of rotatable bonds is 4. The highest BCUT2D eigenvalue weighted by Gasteiger charge is 2.41. The minimum absolute atomic E-state index is 0.0708. The molecule has 1 aromatic heterocycles. The third-order valence-corrected chi connectivity index (χ3v) is 4.18. The van der Waals surface area contributed by atoms with E-state index in [-0.39, 0.29) is 23.6 Å². The summed E-state index contributed by atoms with van der Waals surface area (Å²) < 4.78 is 0. The average molecular weight is 293 g/mol. The molecular formula is C14H19N3O4. The maximum atomic E-state index is 12.5. The Morgan fingerprint density at radius 2 is 2.00 bits per heavy atom. The Kier molecular flexibility index (Phi) is 4.40. The molecule has 1 saturated carbocycles. The Hall–Kier alpha value is -2.18. The van der Waals surface area contributed by atoms with Crippen LogP contribution in [0.2, 0.25) is 0 Å². The fourth-order valence-electron chi connectivity index (χ4n) is 2.97. The number of carbonyl (C=O) groups is 2. The first kappa shape index (κ1) is 15.2. The number of hydrogen-bond acceptors (Lipinski definition) is 4. The number of aromatic amines is 1. The quantitative estimate of drug-likeness (QED) is 0.862. The van der Waals surface area contributed by atoms with Gasteiger partial charge < -0.3 is 10.0 Å². The summed E-state index contributed by atoms with van der Waals surface area (Å²) in [6, 6.07) is 2.59. The molecule has 0 radical (unpaired) electrons. The fraction of sp³-hybridized carbons (Fsp3) is 0.571. The van der Waals surface area contributed by atoms with Crippen molar-refractivity contribution >= 4 is 11.9 Å². The van der Waals surface area contributed by atoms with Gasteiger partial charge in [0.05, 0.1) is 12.0 Å². The van der Waals surface area contributed by atoms with Crippen LogP contribution in [-0.2, 0) is 4.79 Å². The van der Waals surface area contributed by atoms with Crippen molar-refractivity contribution in [1.82, 2.24) is 15.1 Å². The van der Waals surface area contributed by atoms with E-state index in [2.05, 4.69) is 10.2 Å². The van der Waals surface area contributed by atoms with Crippen LogP contribution in [0.15, 0.2) is 16.9 Å². The lowest BCUT2D eigenvalue weighted by Gasteiger charge is -2.43. The maximum absolute atomic E-state index is 12.5. The molecule has 1 fully saturated rings. The van der Waals surface area contributed by atoms with Crippen LogP contribution in [0, 0.1) is 0 Å². The summed E-state index contributed by atoms with van der Waals surface area (Å²) in [7, 11) is 1.61. The number of carboxylic acids is 1. The third kappa shape index (κ3) is 3.29. The van der Waals surface area contributed by atoms with E-state index in [1.165, 1.54) is 17.0 Å². The van der Waals surface area contributed by atoms with Gasteiger partial charge in [0.2, 0.25) is 0 Å². The minimum atomic E-state index is -0.911. The number of aliphatic carboxylic acids is 1. The van der Waals surface area contributed by atoms with E-state index in [1.807, 2.05) is 0 Å². The Morgan fingerprint density at radius 3 is 2.52 bits per heavy atom. The van der Waals surface area contributed by atoms with E-state index in [4.69, 9.17) is 5.11 Å². The van der Waals surface area contributed by atoms with Crippen molar-refractivity contribution in [3.63, 3.8) is 0 Å². The molecule has 7 heteroatoms. The highest BCUT2D eigenvalue weighted by atomic mass is 16.4. The smallest absolute Gasteiger partial charge is 0.305 e. The second kappa shape index (κ2) is 6.07. The van der Waals surface area contributed by atoms with Gasteiger partial charge in [-0.15, -0.1) is 0 Å². The van der Waals surface area contributed by atoms with Crippen molar-refractivity contribution in [3.05, 3.63) is 28.2 Å². The zero-order valence-corrected chi connectivity index (χ0v) is 12.0. The van der Waals surface area contributed by atoms with Crippen molar-refractivity contribution in [2.24, 2.45) is 0 Å². The molecule has 114 valence electrons. The predicted octanol–water partition coefficient (Wildman–Crippen LogP) is 1.02. The van der Waals surface area contributed by atoms with Crippen LogP contribution in [-0.4, -0.2) is 44.7 Å². The molecule has 0 spiro atoms. The molecule has 0 bridgehead atoms. The number of H-pyrrole nitrogens is 1. The lowest BCUT2D eigenvalue weighted by molar-refractivity contribution is -0.140. The van der Waals surface area contributed by atoms with Crippen LogP contribution < -0.4 is 5.56 Å². The molecule has 0 atom stereocenters. The van der Waals surface area contributed by atoms with E-state index in [1.54, 1.807) is 7.05 Å². The summed E-state index contributed by atoms with van der Waals surface area (Å²) in [6.45, 7) is 0. The molecular weight excluding hydrogens is 274 g/mol. The Labute approximate surface area is 122 Å². The average Bonchev–Trinajstić information content (AvgIpc) is 2.47. The lowest BCUT2D eigenvalue weighted by atomic mass is 9.78. The van der Waals surface area contributed by atoms with Crippen LogP contribution in [0.5, 0.6) is 0 Å². The van der Waals surface area contributed by atoms with E-state index < -0.39 is 11.5 Å². The first-order valence-corrected chi connectivity index (χ1v) is 7.00. The summed E-state index contributed by atoms with van der Waals surface area (Å²) in [6.07, 6.45) is 4.14. The molecule has 1 heterocycles. The second-order valence-electron chi connectivity index (χ2n) is 5.53. The van der Waals surface area contributed by atoms with E-state index in [9.17, 15) is 14.4 Å². The molecule has 0 saturated heterocycles. The van der Waals surface area contributed by atoms with Gasteiger partial charge in [-0.2, -0.15) is 5.10 Å². The Morgan fingerprint density at radius 1 is 1.33 bits per heavy atom. The molecule has 7 nitrogen and oxygen atoms in total. The zero-order chi connectivity index (χ0) is 15.5. The molecule has 0 aromatic carbocycles. The fourth-order valence-corrected chi connectivity index (χ4v) is 2.97. The SMILES string of the molecule is CN(C(=O)c1ccc(=O)[nH]n1)C1(CC(=O)O)CCCCC1. The summed E-state index contributed by atoms with van der Waals surface area (Å²) in [5.41, 5.74) is -0.932. The van der Waals surface area contributed by atoms with Gasteiger partial charge in [0.25, 0.3) is 11.5 Å².